The maximum Gasteiger partial charge on any atom is 0.127 e. The normalized spacial score (nSPS) is 12.4. The highest BCUT2D eigenvalue weighted by Crippen LogP contribution is 2.23. The summed E-state index contributed by atoms with van der Waals surface area (Å²) in [6, 6.07) is 8.37. The molecule has 3 nitrogen and oxygen atoms in total. The molecule has 0 amide bonds. The first-order valence-corrected chi connectivity index (χ1v) is 5.03. The van der Waals surface area contributed by atoms with Crippen LogP contribution in [0.2, 0.25) is 0 Å². The molecular formula is C12H12FN3. The first-order chi connectivity index (χ1) is 7.83. The minimum absolute atomic E-state index is 0.218. The van der Waals surface area contributed by atoms with Crippen molar-refractivity contribution in [3.63, 3.8) is 0 Å². The first kappa shape index (κ1) is 10.7. The van der Waals surface area contributed by atoms with E-state index in [0.29, 0.717) is 12.1 Å². The maximum absolute atomic E-state index is 13.6. The third kappa shape index (κ3) is 2.06. The van der Waals surface area contributed by atoms with Crippen LogP contribution < -0.4 is 5.73 Å². The molecule has 0 fully saturated rings. The summed E-state index contributed by atoms with van der Waals surface area (Å²) >= 11 is 0. The van der Waals surface area contributed by atoms with Crippen LogP contribution in [0.25, 0.3) is 0 Å². The molecule has 0 bridgehead atoms. The number of rotatable bonds is 3. The largest absolute Gasteiger partial charge is 0.329 e. The molecule has 2 rings (SSSR count). The van der Waals surface area contributed by atoms with Crippen molar-refractivity contribution in [1.82, 2.24) is 9.97 Å². The van der Waals surface area contributed by atoms with E-state index in [1.54, 1.807) is 30.5 Å². The zero-order valence-electron chi connectivity index (χ0n) is 8.68. The average Bonchev–Trinajstić information content (AvgIpc) is 2.34. The highest BCUT2D eigenvalue weighted by Gasteiger charge is 2.16. The van der Waals surface area contributed by atoms with Crippen LogP contribution in [0.3, 0.4) is 0 Å². The van der Waals surface area contributed by atoms with Crippen molar-refractivity contribution in [2.45, 2.75) is 5.92 Å². The van der Waals surface area contributed by atoms with Crippen LogP contribution in [0.1, 0.15) is 17.2 Å². The molecule has 1 atom stereocenters. The van der Waals surface area contributed by atoms with E-state index >= 15 is 0 Å². The molecule has 4 heteroatoms. The molecule has 1 aromatic heterocycles. The molecule has 16 heavy (non-hydrogen) atoms. The molecule has 0 aliphatic rings. The van der Waals surface area contributed by atoms with Gasteiger partial charge in [-0.05, 0) is 17.7 Å². The SMILES string of the molecule is NCC(c1ccncn1)c1ccccc1F. The smallest absolute Gasteiger partial charge is 0.127 e. The number of hydrogen-bond donors (Lipinski definition) is 1. The molecule has 0 radical (unpaired) electrons. The fourth-order valence-corrected chi connectivity index (χ4v) is 1.67. The minimum Gasteiger partial charge on any atom is -0.329 e. The number of halogens is 1. The quantitative estimate of drug-likeness (QED) is 0.851. The van der Waals surface area contributed by atoms with Gasteiger partial charge in [-0.2, -0.15) is 0 Å². The predicted molar refractivity (Wildman–Crippen MR) is 59.3 cm³/mol. The lowest BCUT2D eigenvalue weighted by Crippen LogP contribution is -2.16. The standard InChI is InChI=1S/C12H12FN3/c13-11-4-2-1-3-9(11)10(7-14)12-5-6-15-8-16-12/h1-6,8,10H,7,14H2. The molecule has 0 aliphatic heterocycles. The summed E-state index contributed by atoms with van der Waals surface area (Å²) in [6.07, 6.45) is 3.07. The molecule has 0 saturated carbocycles. The van der Waals surface area contributed by atoms with Gasteiger partial charge in [0, 0.05) is 18.7 Å². The van der Waals surface area contributed by atoms with Crippen LogP contribution in [0, 0.1) is 5.82 Å². The predicted octanol–water partition coefficient (Wildman–Crippen LogP) is 1.71. The van der Waals surface area contributed by atoms with Gasteiger partial charge < -0.3 is 5.73 Å². The van der Waals surface area contributed by atoms with E-state index in [0.717, 1.165) is 5.69 Å². The van der Waals surface area contributed by atoms with Crippen LogP contribution in [-0.2, 0) is 0 Å². The topological polar surface area (TPSA) is 51.8 Å². The Kier molecular flexibility index (Phi) is 3.22. The van der Waals surface area contributed by atoms with Crippen molar-refractivity contribution >= 4 is 0 Å². The van der Waals surface area contributed by atoms with E-state index in [1.165, 1.54) is 12.4 Å². The highest BCUT2D eigenvalue weighted by molar-refractivity contribution is 5.29. The van der Waals surface area contributed by atoms with Crippen molar-refractivity contribution in [2.75, 3.05) is 6.54 Å². The lowest BCUT2D eigenvalue weighted by Gasteiger charge is -2.14. The summed E-state index contributed by atoms with van der Waals surface area (Å²) in [7, 11) is 0. The fraction of sp³-hybridized carbons (Fsp3) is 0.167. The molecule has 2 N–H and O–H groups in total. The Balaban J connectivity index is 2.41. The Hall–Kier alpha value is -1.81. The molecular weight excluding hydrogens is 205 g/mol. The van der Waals surface area contributed by atoms with Gasteiger partial charge in [0.2, 0.25) is 0 Å². The van der Waals surface area contributed by atoms with Gasteiger partial charge in [-0.3, -0.25) is 0 Å². The number of aromatic nitrogens is 2. The molecule has 82 valence electrons. The van der Waals surface area contributed by atoms with E-state index in [-0.39, 0.29) is 11.7 Å². The van der Waals surface area contributed by atoms with Crippen LogP contribution in [0.5, 0.6) is 0 Å². The Bertz CT molecular complexity index is 459. The fourth-order valence-electron chi connectivity index (χ4n) is 1.67. The zero-order chi connectivity index (χ0) is 11.4. The van der Waals surface area contributed by atoms with E-state index in [4.69, 9.17) is 5.73 Å². The van der Waals surface area contributed by atoms with Crippen molar-refractivity contribution in [3.05, 3.63) is 59.9 Å². The average molecular weight is 217 g/mol. The van der Waals surface area contributed by atoms with Gasteiger partial charge in [-0.15, -0.1) is 0 Å². The third-order valence-electron chi connectivity index (χ3n) is 2.48. The summed E-state index contributed by atoms with van der Waals surface area (Å²) in [5, 5.41) is 0. The summed E-state index contributed by atoms with van der Waals surface area (Å²) in [5.74, 6) is -0.472. The number of hydrogen-bond acceptors (Lipinski definition) is 3. The Morgan fingerprint density at radius 2 is 2.06 bits per heavy atom. The van der Waals surface area contributed by atoms with Crippen molar-refractivity contribution in [1.29, 1.82) is 0 Å². The second-order valence-corrected chi connectivity index (χ2v) is 3.44. The molecule has 0 saturated heterocycles. The Morgan fingerprint density at radius 1 is 1.25 bits per heavy atom. The van der Waals surface area contributed by atoms with E-state index in [2.05, 4.69) is 9.97 Å². The van der Waals surface area contributed by atoms with Gasteiger partial charge >= 0.3 is 0 Å². The van der Waals surface area contributed by atoms with E-state index in [9.17, 15) is 4.39 Å². The second kappa shape index (κ2) is 4.81. The number of benzene rings is 1. The molecule has 0 spiro atoms. The summed E-state index contributed by atoms with van der Waals surface area (Å²) in [6.45, 7) is 0.317. The van der Waals surface area contributed by atoms with Gasteiger partial charge in [0.15, 0.2) is 0 Å². The molecule has 0 aliphatic carbocycles. The summed E-state index contributed by atoms with van der Waals surface area (Å²) in [4.78, 5) is 7.94. The van der Waals surface area contributed by atoms with Crippen molar-refractivity contribution in [2.24, 2.45) is 5.73 Å². The van der Waals surface area contributed by atoms with E-state index < -0.39 is 0 Å². The van der Waals surface area contributed by atoms with Crippen molar-refractivity contribution in [3.8, 4) is 0 Å². The van der Waals surface area contributed by atoms with Crippen LogP contribution in [0.4, 0.5) is 4.39 Å². The van der Waals surface area contributed by atoms with Crippen LogP contribution in [-0.4, -0.2) is 16.5 Å². The second-order valence-electron chi connectivity index (χ2n) is 3.44. The van der Waals surface area contributed by atoms with E-state index in [1.807, 2.05) is 0 Å². The van der Waals surface area contributed by atoms with Crippen molar-refractivity contribution < 1.29 is 4.39 Å². The Labute approximate surface area is 93.2 Å². The maximum atomic E-state index is 13.6. The lowest BCUT2D eigenvalue weighted by atomic mass is 9.95. The summed E-state index contributed by atoms with van der Waals surface area (Å²) in [5.41, 5.74) is 6.99. The van der Waals surface area contributed by atoms with Gasteiger partial charge in [-0.25, -0.2) is 14.4 Å². The first-order valence-electron chi connectivity index (χ1n) is 5.03. The molecule has 1 unspecified atom stereocenters. The van der Waals surface area contributed by atoms with Crippen LogP contribution >= 0.6 is 0 Å². The lowest BCUT2D eigenvalue weighted by molar-refractivity contribution is 0.594. The Morgan fingerprint density at radius 3 is 2.69 bits per heavy atom. The van der Waals surface area contributed by atoms with Gasteiger partial charge in [0.25, 0.3) is 0 Å². The van der Waals surface area contributed by atoms with Gasteiger partial charge in [0.05, 0.1) is 5.69 Å². The van der Waals surface area contributed by atoms with Gasteiger partial charge in [-0.1, -0.05) is 18.2 Å². The highest BCUT2D eigenvalue weighted by atomic mass is 19.1. The third-order valence-corrected chi connectivity index (χ3v) is 2.48. The molecule has 2 aromatic rings. The van der Waals surface area contributed by atoms with Gasteiger partial charge in [0.1, 0.15) is 12.1 Å². The summed E-state index contributed by atoms with van der Waals surface area (Å²) < 4.78 is 13.6. The number of nitrogens with zero attached hydrogens (tertiary/aromatic N) is 2. The van der Waals surface area contributed by atoms with Crippen LogP contribution in [0.15, 0.2) is 42.9 Å². The molecule has 1 aromatic carbocycles. The minimum atomic E-state index is -0.253. The molecule has 1 heterocycles. The number of nitrogens with two attached hydrogens (primary N) is 1. The monoisotopic (exact) mass is 217 g/mol. The zero-order valence-corrected chi connectivity index (χ0v) is 8.68.